The number of nitrogens with one attached hydrogen (secondary N) is 1. The molecule has 0 saturated heterocycles. The number of methoxy groups -OCH3 is 1. The largest absolute Gasteiger partial charge is 0.495 e. The van der Waals surface area contributed by atoms with Gasteiger partial charge in [0.05, 0.1) is 29.5 Å². The summed E-state index contributed by atoms with van der Waals surface area (Å²) >= 11 is 7.18. The maximum atomic E-state index is 13.2. The minimum Gasteiger partial charge on any atom is -0.495 e. The van der Waals surface area contributed by atoms with E-state index in [1.165, 1.54) is 11.7 Å². The lowest BCUT2D eigenvalue weighted by atomic mass is 10.2. The van der Waals surface area contributed by atoms with Crippen LogP contribution < -0.4 is 15.6 Å². The number of carbonyl (C=O) groups is 1. The highest BCUT2D eigenvalue weighted by Crippen LogP contribution is 2.28. The Labute approximate surface area is 193 Å². The minimum absolute atomic E-state index is 0.0201. The van der Waals surface area contributed by atoms with Gasteiger partial charge in [-0.15, -0.1) is 0 Å². The first-order valence-corrected chi connectivity index (χ1v) is 11.0. The number of benzene rings is 2. The number of thioether (sulfide) groups is 1. The Hall–Kier alpha value is -3.36. The van der Waals surface area contributed by atoms with Crippen LogP contribution in [-0.2, 0) is 4.79 Å². The van der Waals surface area contributed by atoms with Gasteiger partial charge < -0.3 is 10.1 Å². The van der Waals surface area contributed by atoms with Crippen molar-refractivity contribution in [2.24, 2.45) is 0 Å². The van der Waals surface area contributed by atoms with Crippen LogP contribution >= 0.6 is 23.4 Å². The van der Waals surface area contributed by atoms with Gasteiger partial charge >= 0.3 is 0 Å². The summed E-state index contributed by atoms with van der Waals surface area (Å²) in [5, 5.41) is 4.12. The van der Waals surface area contributed by atoms with Gasteiger partial charge in [0.1, 0.15) is 11.6 Å². The minimum atomic E-state index is -0.290. The Balaban J connectivity index is 1.66. The fourth-order valence-electron chi connectivity index (χ4n) is 3.10. The van der Waals surface area contributed by atoms with E-state index in [9.17, 15) is 9.59 Å². The quantitative estimate of drug-likeness (QED) is 0.333. The Kier molecular flexibility index (Phi) is 6.43. The first-order chi connectivity index (χ1) is 15.5. The van der Waals surface area contributed by atoms with Crippen LogP contribution in [0.5, 0.6) is 5.75 Å². The highest BCUT2D eigenvalue weighted by atomic mass is 35.5. The number of para-hydroxylation sites is 1. The third-order valence-electron chi connectivity index (χ3n) is 4.64. The van der Waals surface area contributed by atoms with Crippen molar-refractivity contribution in [2.45, 2.75) is 12.1 Å². The van der Waals surface area contributed by atoms with Crippen molar-refractivity contribution in [1.82, 2.24) is 14.5 Å². The third-order valence-corrected chi connectivity index (χ3v) is 5.81. The van der Waals surface area contributed by atoms with Crippen molar-refractivity contribution in [1.29, 1.82) is 0 Å². The van der Waals surface area contributed by atoms with Crippen molar-refractivity contribution in [2.75, 3.05) is 18.2 Å². The highest BCUT2D eigenvalue weighted by Gasteiger charge is 2.16. The maximum Gasteiger partial charge on any atom is 0.267 e. The van der Waals surface area contributed by atoms with Gasteiger partial charge in [0, 0.05) is 11.2 Å². The zero-order valence-corrected chi connectivity index (χ0v) is 18.9. The fraction of sp³-hybridized carbons (Fsp3) is 0.130. The molecule has 0 bridgehead atoms. The summed E-state index contributed by atoms with van der Waals surface area (Å²) in [6, 6.07) is 15.7. The smallest absolute Gasteiger partial charge is 0.267 e. The van der Waals surface area contributed by atoms with Crippen LogP contribution in [0.4, 0.5) is 5.69 Å². The van der Waals surface area contributed by atoms with Crippen LogP contribution in [-0.4, -0.2) is 33.3 Å². The molecule has 0 aliphatic rings. The van der Waals surface area contributed by atoms with Gasteiger partial charge in [-0.1, -0.05) is 41.6 Å². The van der Waals surface area contributed by atoms with E-state index in [0.717, 1.165) is 17.3 Å². The first kappa shape index (κ1) is 21.9. The number of fused-ring (bicyclic) bond motifs is 1. The van der Waals surface area contributed by atoms with Crippen molar-refractivity contribution >= 4 is 45.9 Å². The Bertz CT molecular complexity index is 1360. The van der Waals surface area contributed by atoms with Crippen LogP contribution in [0.15, 0.2) is 70.7 Å². The fourth-order valence-corrected chi connectivity index (χ4v) is 4.07. The van der Waals surface area contributed by atoms with E-state index in [-0.39, 0.29) is 17.2 Å². The molecule has 9 heteroatoms. The molecule has 32 heavy (non-hydrogen) atoms. The van der Waals surface area contributed by atoms with E-state index < -0.39 is 0 Å². The van der Waals surface area contributed by atoms with Crippen LogP contribution in [0.25, 0.3) is 16.7 Å². The molecule has 7 nitrogen and oxygen atoms in total. The Morgan fingerprint density at radius 2 is 2.00 bits per heavy atom. The molecule has 0 aliphatic heterocycles. The lowest BCUT2D eigenvalue weighted by Crippen LogP contribution is -2.23. The van der Waals surface area contributed by atoms with E-state index in [4.69, 9.17) is 16.3 Å². The van der Waals surface area contributed by atoms with Crippen molar-refractivity contribution in [3.05, 3.63) is 81.7 Å². The molecule has 2 heterocycles. The molecular formula is C23H19ClN4O3S. The van der Waals surface area contributed by atoms with Crippen LogP contribution in [0.3, 0.4) is 0 Å². The Morgan fingerprint density at radius 3 is 2.75 bits per heavy atom. The first-order valence-electron chi connectivity index (χ1n) is 9.67. The Morgan fingerprint density at radius 1 is 1.19 bits per heavy atom. The molecule has 0 saturated carbocycles. The average molecular weight is 467 g/mol. The summed E-state index contributed by atoms with van der Waals surface area (Å²) in [7, 11) is 1.51. The SMILES string of the molecule is COc1ccc(Cl)cc1NC(=O)CSc1nc2ccccc2c(=O)n1-c1ccc(C)cn1. The van der Waals surface area contributed by atoms with Gasteiger partial charge in [0.25, 0.3) is 5.56 Å². The van der Waals surface area contributed by atoms with Crippen LogP contribution in [0.1, 0.15) is 5.56 Å². The molecule has 162 valence electrons. The molecule has 0 spiro atoms. The van der Waals surface area contributed by atoms with E-state index >= 15 is 0 Å². The summed E-state index contributed by atoms with van der Waals surface area (Å²) in [6.45, 7) is 1.92. The second kappa shape index (κ2) is 9.42. The molecule has 0 aliphatic carbocycles. The monoisotopic (exact) mass is 466 g/mol. The second-order valence-corrected chi connectivity index (χ2v) is 8.31. The molecule has 2 aromatic heterocycles. The van der Waals surface area contributed by atoms with Crippen molar-refractivity contribution < 1.29 is 9.53 Å². The van der Waals surface area contributed by atoms with Crippen molar-refractivity contribution in [3.63, 3.8) is 0 Å². The number of rotatable bonds is 6. The molecule has 0 atom stereocenters. The zero-order valence-electron chi connectivity index (χ0n) is 17.3. The van der Waals surface area contributed by atoms with E-state index in [1.54, 1.807) is 48.7 Å². The number of halogens is 1. The van der Waals surface area contributed by atoms with Gasteiger partial charge in [0.2, 0.25) is 5.91 Å². The summed E-state index contributed by atoms with van der Waals surface area (Å²) in [6.07, 6.45) is 1.68. The number of anilines is 1. The molecule has 2 aromatic carbocycles. The molecule has 0 fully saturated rings. The topological polar surface area (TPSA) is 86.1 Å². The summed E-state index contributed by atoms with van der Waals surface area (Å²) in [4.78, 5) is 34.9. The van der Waals surface area contributed by atoms with E-state index in [2.05, 4.69) is 15.3 Å². The predicted molar refractivity (Wildman–Crippen MR) is 127 cm³/mol. The third kappa shape index (κ3) is 4.61. The number of ether oxygens (including phenoxy) is 1. The predicted octanol–water partition coefficient (Wildman–Crippen LogP) is 4.48. The molecule has 1 amide bonds. The number of amides is 1. The lowest BCUT2D eigenvalue weighted by Gasteiger charge is -2.13. The van der Waals surface area contributed by atoms with Gasteiger partial charge in [0.15, 0.2) is 5.16 Å². The number of aromatic nitrogens is 3. The van der Waals surface area contributed by atoms with Gasteiger partial charge in [-0.2, -0.15) is 0 Å². The summed E-state index contributed by atoms with van der Waals surface area (Å²) in [5.74, 6) is 0.670. The van der Waals surface area contributed by atoms with Crippen LogP contribution in [0, 0.1) is 6.92 Å². The number of nitrogens with zero attached hydrogens (tertiary/aromatic N) is 3. The summed E-state index contributed by atoms with van der Waals surface area (Å²) in [5.41, 5.74) is 1.75. The molecule has 1 N–H and O–H groups in total. The highest BCUT2D eigenvalue weighted by molar-refractivity contribution is 7.99. The van der Waals surface area contributed by atoms with E-state index in [1.807, 2.05) is 19.1 Å². The van der Waals surface area contributed by atoms with Gasteiger partial charge in [-0.25, -0.2) is 14.5 Å². The molecule has 4 rings (SSSR count). The van der Waals surface area contributed by atoms with Crippen LogP contribution in [0.2, 0.25) is 5.02 Å². The lowest BCUT2D eigenvalue weighted by molar-refractivity contribution is -0.113. The second-order valence-electron chi connectivity index (χ2n) is 6.93. The molecule has 4 aromatic rings. The molecular weight excluding hydrogens is 448 g/mol. The molecule has 0 radical (unpaired) electrons. The van der Waals surface area contributed by atoms with Gasteiger partial charge in [-0.3, -0.25) is 9.59 Å². The summed E-state index contributed by atoms with van der Waals surface area (Å²) < 4.78 is 6.70. The van der Waals surface area contributed by atoms with Gasteiger partial charge in [-0.05, 0) is 48.9 Å². The number of hydrogen-bond acceptors (Lipinski definition) is 6. The van der Waals surface area contributed by atoms with E-state index in [0.29, 0.717) is 38.3 Å². The number of hydrogen-bond donors (Lipinski definition) is 1. The average Bonchev–Trinajstić information content (AvgIpc) is 2.79. The number of carbonyl (C=O) groups excluding carboxylic acids is 1. The number of aryl methyl sites for hydroxylation is 1. The van der Waals surface area contributed by atoms with Crippen molar-refractivity contribution in [3.8, 4) is 11.6 Å². The molecule has 0 unspecified atom stereocenters. The zero-order chi connectivity index (χ0) is 22.7. The maximum absolute atomic E-state index is 13.2. The number of pyridine rings is 1. The normalized spacial score (nSPS) is 10.8. The standard InChI is InChI=1S/C23H19ClN4O3S/c1-14-7-10-20(25-12-14)28-22(30)16-5-3-4-6-17(16)27-23(28)32-13-21(29)26-18-11-15(24)8-9-19(18)31-2/h3-12H,13H2,1-2H3,(H,26,29).